The van der Waals surface area contributed by atoms with Crippen LogP contribution in [0, 0.1) is 10.1 Å². The first-order valence-electron chi connectivity index (χ1n) is 6.13. The Morgan fingerprint density at radius 1 is 1.40 bits per heavy atom. The van der Waals surface area contributed by atoms with Crippen LogP contribution < -0.4 is 5.32 Å². The van der Waals surface area contributed by atoms with Crippen LogP contribution in [-0.2, 0) is 0 Å². The third kappa shape index (κ3) is 3.86. The molecule has 1 rings (SSSR count). The van der Waals surface area contributed by atoms with Gasteiger partial charge in [0.2, 0.25) is 0 Å². The van der Waals surface area contributed by atoms with Crippen LogP contribution in [-0.4, -0.2) is 36.0 Å². The topological polar surface area (TPSA) is 58.4 Å². The summed E-state index contributed by atoms with van der Waals surface area (Å²) >= 11 is 0. The minimum atomic E-state index is -2.76. The molecule has 0 amide bonds. The quantitative estimate of drug-likeness (QED) is 0.644. The van der Waals surface area contributed by atoms with E-state index in [1.165, 1.54) is 12.1 Å². The van der Waals surface area contributed by atoms with Crippen molar-refractivity contribution in [3.8, 4) is 0 Å². The third-order valence-electron chi connectivity index (χ3n) is 3.40. The van der Waals surface area contributed by atoms with E-state index in [0.29, 0.717) is 6.54 Å². The van der Waals surface area contributed by atoms with Gasteiger partial charge in [-0.3, -0.25) is 10.1 Å². The van der Waals surface area contributed by atoms with Crippen LogP contribution in [0.2, 0.25) is 0 Å². The number of likely N-dealkylation sites (N-methyl/N-ethyl adjacent to an activating group) is 1. The monoisotopic (exact) mass is 287 g/mol. The van der Waals surface area contributed by atoms with E-state index in [1.54, 1.807) is 0 Å². The lowest BCUT2D eigenvalue weighted by molar-refractivity contribution is -0.385. The molecule has 0 saturated carbocycles. The van der Waals surface area contributed by atoms with Gasteiger partial charge in [-0.1, -0.05) is 0 Å². The Kier molecular flexibility index (Phi) is 4.99. The second-order valence-electron chi connectivity index (χ2n) is 5.39. The van der Waals surface area contributed by atoms with Gasteiger partial charge in [-0.25, -0.2) is 8.78 Å². The van der Waals surface area contributed by atoms with E-state index in [1.807, 2.05) is 32.8 Å². The summed E-state index contributed by atoms with van der Waals surface area (Å²) in [6, 6.07) is 3.46. The van der Waals surface area contributed by atoms with Crippen LogP contribution in [0.25, 0.3) is 0 Å². The Morgan fingerprint density at radius 2 is 2.00 bits per heavy atom. The third-order valence-corrected chi connectivity index (χ3v) is 3.40. The zero-order chi connectivity index (χ0) is 15.5. The highest BCUT2D eigenvalue weighted by molar-refractivity contribution is 5.56. The van der Waals surface area contributed by atoms with Gasteiger partial charge in [-0.15, -0.1) is 0 Å². The van der Waals surface area contributed by atoms with Crippen molar-refractivity contribution in [2.45, 2.75) is 25.8 Å². The maximum absolute atomic E-state index is 13.0. The predicted octanol–water partition coefficient (Wildman–Crippen LogP) is 3.28. The molecule has 1 aromatic rings. The van der Waals surface area contributed by atoms with Gasteiger partial charge in [0.25, 0.3) is 12.1 Å². The van der Waals surface area contributed by atoms with Gasteiger partial charge in [-0.2, -0.15) is 0 Å². The van der Waals surface area contributed by atoms with Crippen molar-refractivity contribution in [2.75, 3.05) is 26.0 Å². The highest BCUT2D eigenvalue weighted by Crippen LogP contribution is 2.31. The molecule has 1 aromatic carbocycles. The number of nitro benzene ring substituents is 1. The number of alkyl halides is 2. The normalized spacial score (nSPS) is 12.0. The number of benzene rings is 1. The number of nitro groups is 1. The molecule has 20 heavy (non-hydrogen) atoms. The number of rotatable bonds is 6. The molecule has 0 fully saturated rings. The Balaban J connectivity index is 2.98. The average Bonchev–Trinajstić information content (AvgIpc) is 2.35. The van der Waals surface area contributed by atoms with E-state index in [-0.39, 0.29) is 22.5 Å². The summed E-state index contributed by atoms with van der Waals surface area (Å²) in [4.78, 5) is 11.9. The fraction of sp³-hybridized carbons (Fsp3) is 0.538. The van der Waals surface area contributed by atoms with Crippen molar-refractivity contribution in [2.24, 2.45) is 0 Å². The number of hydrogen-bond donors (Lipinski definition) is 1. The second kappa shape index (κ2) is 6.13. The van der Waals surface area contributed by atoms with Crippen LogP contribution >= 0.6 is 0 Å². The first-order chi connectivity index (χ1) is 9.15. The summed E-state index contributed by atoms with van der Waals surface area (Å²) in [5.41, 5.74) is -0.701. The number of nitrogens with one attached hydrogen (secondary N) is 1. The van der Waals surface area contributed by atoms with Crippen molar-refractivity contribution in [3.05, 3.63) is 33.9 Å². The number of non-ortho nitro benzene ring substituents is 1. The van der Waals surface area contributed by atoms with E-state index in [2.05, 4.69) is 5.32 Å². The van der Waals surface area contributed by atoms with Crippen LogP contribution in [0.1, 0.15) is 25.8 Å². The molecule has 0 atom stereocenters. The summed E-state index contributed by atoms with van der Waals surface area (Å²) in [7, 11) is 3.79. The molecule has 7 heteroatoms. The Bertz CT molecular complexity index is 491. The first kappa shape index (κ1) is 16.3. The second-order valence-corrected chi connectivity index (χ2v) is 5.39. The fourth-order valence-electron chi connectivity index (χ4n) is 1.47. The van der Waals surface area contributed by atoms with Crippen LogP contribution in [0.3, 0.4) is 0 Å². The smallest absolute Gasteiger partial charge is 0.270 e. The zero-order valence-corrected chi connectivity index (χ0v) is 12.0. The lowest BCUT2D eigenvalue weighted by Crippen LogP contribution is -2.44. The Labute approximate surface area is 116 Å². The van der Waals surface area contributed by atoms with Gasteiger partial charge in [0, 0.05) is 35.5 Å². The zero-order valence-electron chi connectivity index (χ0n) is 12.0. The maximum atomic E-state index is 13.0. The standard InChI is InChI=1S/C13H19F2N3O2/c1-13(2,17(3)4)8-16-11-6-5-9(18(19)20)7-10(11)12(14)15/h5-7,12,16H,8H2,1-4H3. The highest BCUT2D eigenvalue weighted by atomic mass is 19.3. The minimum Gasteiger partial charge on any atom is -0.383 e. The van der Waals surface area contributed by atoms with E-state index < -0.39 is 11.3 Å². The van der Waals surface area contributed by atoms with Gasteiger partial charge in [0.05, 0.1) is 4.92 Å². The van der Waals surface area contributed by atoms with E-state index in [4.69, 9.17) is 0 Å². The molecule has 0 aromatic heterocycles. The summed E-state index contributed by atoms with van der Waals surface area (Å²) in [6.07, 6.45) is -2.76. The van der Waals surface area contributed by atoms with Crippen LogP contribution in [0.4, 0.5) is 20.2 Å². The minimum absolute atomic E-state index is 0.223. The maximum Gasteiger partial charge on any atom is 0.270 e. The molecule has 0 radical (unpaired) electrons. The lowest BCUT2D eigenvalue weighted by atomic mass is 10.0. The Hall–Kier alpha value is -1.76. The van der Waals surface area contributed by atoms with Crippen LogP contribution in [0.5, 0.6) is 0 Å². The van der Waals surface area contributed by atoms with Crippen molar-refractivity contribution in [1.29, 1.82) is 0 Å². The van der Waals surface area contributed by atoms with E-state index in [0.717, 1.165) is 6.07 Å². The van der Waals surface area contributed by atoms with Crippen LogP contribution in [0.15, 0.2) is 18.2 Å². The average molecular weight is 287 g/mol. The molecule has 1 N–H and O–H groups in total. The summed E-state index contributed by atoms with van der Waals surface area (Å²) in [6.45, 7) is 4.37. The molecule has 0 spiro atoms. The number of nitrogens with zero attached hydrogens (tertiary/aromatic N) is 2. The molecule has 0 heterocycles. The lowest BCUT2D eigenvalue weighted by Gasteiger charge is -2.33. The number of anilines is 1. The summed E-state index contributed by atoms with van der Waals surface area (Å²) in [5.74, 6) is 0. The Morgan fingerprint density at radius 3 is 2.45 bits per heavy atom. The molecule has 0 aliphatic carbocycles. The molecule has 0 saturated heterocycles. The molecule has 0 bridgehead atoms. The summed E-state index contributed by atoms with van der Waals surface area (Å²) < 4.78 is 26.0. The van der Waals surface area contributed by atoms with Crippen molar-refractivity contribution < 1.29 is 13.7 Å². The number of halogens is 2. The molecular formula is C13H19F2N3O2. The highest BCUT2D eigenvalue weighted by Gasteiger charge is 2.22. The van der Waals surface area contributed by atoms with Gasteiger partial charge in [0.15, 0.2) is 0 Å². The first-order valence-corrected chi connectivity index (χ1v) is 6.13. The summed E-state index contributed by atoms with van der Waals surface area (Å²) in [5, 5.41) is 13.6. The van der Waals surface area contributed by atoms with E-state index in [9.17, 15) is 18.9 Å². The van der Waals surface area contributed by atoms with E-state index >= 15 is 0 Å². The molecule has 0 aliphatic heterocycles. The van der Waals surface area contributed by atoms with Crippen molar-refractivity contribution in [1.82, 2.24) is 4.90 Å². The largest absolute Gasteiger partial charge is 0.383 e. The number of hydrogen-bond acceptors (Lipinski definition) is 4. The predicted molar refractivity (Wildman–Crippen MR) is 74.3 cm³/mol. The molecule has 112 valence electrons. The molecule has 5 nitrogen and oxygen atoms in total. The van der Waals surface area contributed by atoms with Gasteiger partial charge in [0.1, 0.15) is 0 Å². The fourth-order valence-corrected chi connectivity index (χ4v) is 1.47. The van der Waals surface area contributed by atoms with Crippen molar-refractivity contribution in [3.63, 3.8) is 0 Å². The van der Waals surface area contributed by atoms with Gasteiger partial charge < -0.3 is 10.2 Å². The SMILES string of the molecule is CN(C)C(C)(C)CNc1ccc([N+](=O)[O-])cc1C(F)F. The molecular weight excluding hydrogens is 268 g/mol. The van der Waals surface area contributed by atoms with Gasteiger partial charge >= 0.3 is 0 Å². The molecule has 0 unspecified atom stereocenters. The molecule has 0 aliphatic rings. The van der Waals surface area contributed by atoms with Crippen molar-refractivity contribution >= 4 is 11.4 Å². The van der Waals surface area contributed by atoms with Gasteiger partial charge in [-0.05, 0) is 34.0 Å².